The zero-order valence-corrected chi connectivity index (χ0v) is 21.9. The van der Waals surface area contributed by atoms with E-state index in [0.717, 1.165) is 41.1 Å². The van der Waals surface area contributed by atoms with Gasteiger partial charge in [-0.2, -0.15) is 0 Å². The number of nitrogens with zero attached hydrogens (tertiary/aromatic N) is 2. The molecule has 2 amide bonds. The molecular formula is C27H30FN3O3S2. The molecule has 0 bridgehead atoms. The van der Waals surface area contributed by atoms with Crippen LogP contribution >= 0.6 is 24.2 Å². The normalized spacial score (nSPS) is 13.8. The highest BCUT2D eigenvalue weighted by Crippen LogP contribution is 2.50. The van der Waals surface area contributed by atoms with Gasteiger partial charge in [-0.15, -0.1) is 11.3 Å². The Bertz CT molecular complexity index is 1180. The van der Waals surface area contributed by atoms with Crippen LogP contribution in [0.3, 0.4) is 0 Å². The van der Waals surface area contributed by atoms with Crippen molar-refractivity contribution in [1.82, 2.24) is 14.6 Å². The fourth-order valence-corrected chi connectivity index (χ4v) is 5.45. The highest BCUT2D eigenvalue weighted by Gasteiger charge is 2.53. The van der Waals surface area contributed by atoms with Gasteiger partial charge in [0.15, 0.2) is 0 Å². The van der Waals surface area contributed by atoms with Crippen molar-refractivity contribution in [3.8, 4) is 5.75 Å². The summed E-state index contributed by atoms with van der Waals surface area (Å²) in [5.41, 5.74) is 1.95. The molecule has 1 saturated carbocycles. The molecule has 3 aromatic rings. The molecule has 1 N–H and O–H groups in total. The molecule has 1 aromatic heterocycles. The lowest BCUT2D eigenvalue weighted by atomic mass is 9.94. The molecule has 2 aromatic carbocycles. The summed E-state index contributed by atoms with van der Waals surface area (Å²) in [5.74, 6) is 0.308. The van der Waals surface area contributed by atoms with Crippen LogP contribution in [0.5, 0.6) is 5.75 Å². The van der Waals surface area contributed by atoms with Gasteiger partial charge in [0.05, 0.1) is 12.0 Å². The maximum absolute atomic E-state index is 13.9. The van der Waals surface area contributed by atoms with E-state index in [1.807, 2.05) is 42.2 Å². The zero-order chi connectivity index (χ0) is 25.5. The van der Waals surface area contributed by atoms with Crippen molar-refractivity contribution >= 4 is 36.0 Å². The van der Waals surface area contributed by atoms with Crippen LogP contribution in [0.15, 0.2) is 54.6 Å². The Morgan fingerprint density at radius 2 is 1.89 bits per heavy atom. The molecule has 36 heavy (non-hydrogen) atoms. The molecule has 1 aliphatic carbocycles. The Morgan fingerprint density at radius 1 is 1.17 bits per heavy atom. The molecule has 0 atom stereocenters. The van der Waals surface area contributed by atoms with Gasteiger partial charge in [-0.1, -0.05) is 55.3 Å². The fourth-order valence-electron chi connectivity index (χ4n) is 4.40. The summed E-state index contributed by atoms with van der Waals surface area (Å²) in [6.45, 7) is 2.24. The second-order valence-electron chi connectivity index (χ2n) is 8.91. The number of rotatable bonds is 12. The van der Waals surface area contributed by atoms with E-state index >= 15 is 0 Å². The van der Waals surface area contributed by atoms with E-state index in [2.05, 4.69) is 34.7 Å². The molecule has 0 saturated heterocycles. The summed E-state index contributed by atoms with van der Waals surface area (Å²) in [7, 11) is 0. The van der Waals surface area contributed by atoms with Crippen LogP contribution in [0.1, 0.15) is 50.8 Å². The first kappa shape index (κ1) is 26.2. The van der Waals surface area contributed by atoms with Crippen molar-refractivity contribution in [2.24, 2.45) is 0 Å². The van der Waals surface area contributed by atoms with E-state index in [-0.39, 0.29) is 18.4 Å². The molecule has 0 radical (unpaired) electrons. The summed E-state index contributed by atoms with van der Waals surface area (Å²) in [5, 5.41) is 0.721. The second-order valence-corrected chi connectivity index (χ2v) is 10.4. The maximum atomic E-state index is 13.9. The maximum Gasteiger partial charge on any atom is 0.280 e. The van der Waals surface area contributed by atoms with Crippen molar-refractivity contribution < 1.29 is 18.7 Å². The lowest BCUT2D eigenvalue weighted by Gasteiger charge is -2.27. The van der Waals surface area contributed by atoms with E-state index in [1.165, 1.54) is 16.9 Å². The topological polar surface area (TPSA) is 71.5 Å². The lowest BCUT2D eigenvalue weighted by Crippen LogP contribution is -2.39. The number of hydrogen-bond acceptors (Lipinski definition) is 6. The summed E-state index contributed by atoms with van der Waals surface area (Å²) in [6, 6.07) is 17.6. The highest BCUT2D eigenvalue weighted by molar-refractivity contribution is 7.78. The first-order valence-corrected chi connectivity index (χ1v) is 13.3. The third-order valence-electron chi connectivity index (χ3n) is 6.42. The number of aryl methyl sites for hydroxylation is 2. The molecule has 0 aliphatic heterocycles. The molecule has 9 heteroatoms. The molecular weight excluding hydrogens is 497 g/mol. The van der Waals surface area contributed by atoms with Gasteiger partial charge in [0.1, 0.15) is 29.7 Å². The summed E-state index contributed by atoms with van der Waals surface area (Å²) in [4.78, 5) is 33.2. The number of aromatic nitrogens is 1. The summed E-state index contributed by atoms with van der Waals surface area (Å²) >= 11 is 5.28. The minimum Gasteiger partial charge on any atom is -0.491 e. The molecule has 0 unspecified atom stereocenters. The van der Waals surface area contributed by atoms with Crippen molar-refractivity contribution in [3.63, 3.8) is 0 Å². The number of carbonyl (C=O) groups is 2. The number of nitrogens with one attached hydrogen (secondary N) is 1. The molecule has 6 nitrogen and oxygen atoms in total. The van der Waals surface area contributed by atoms with Crippen LogP contribution in [0.25, 0.3) is 0 Å². The minimum atomic E-state index is -0.566. The largest absolute Gasteiger partial charge is 0.491 e. The molecule has 1 fully saturated rings. The number of thiazole rings is 1. The third kappa shape index (κ3) is 6.07. The predicted octanol–water partition coefficient (Wildman–Crippen LogP) is 5.07. The van der Waals surface area contributed by atoms with Crippen LogP contribution in [-0.4, -0.2) is 41.5 Å². The van der Waals surface area contributed by atoms with Crippen LogP contribution in [0.4, 0.5) is 4.39 Å². The minimum absolute atomic E-state index is 0.0130. The summed E-state index contributed by atoms with van der Waals surface area (Å²) < 4.78 is 20.1. The molecule has 0 spiro atoms. The Balaban J connectivity index is 1.53. The quantitative estimate of drug-likeness (QED) is 0.323. The molecule has 1 aliphatic rings. The average molecular weight is 528 g/mol. The lowest BCUT2D eigenvalue weighted by molar-refractivity contribution is -0.134. The number of halogens is 1. The van der Waals surface area contributed by atoms with Gasteiger partial charge in [0, 0.05) is 11.4 Å². The number of alkyl halides is 1. The van der Waals surface area contributed by atoms with E-state index in [0.29, 0.717) is 24.5 Å². The number of amides is 2. The van der Waals surface area contributed by atoms with Gasteiger partial charge >= 0.3 is 0 Å². The van der Waals surface area contributed by atoms with E-state index < -0.39 is 12.1 Å². The average Bonchev–Trinajstić information content (AvgIpc) is 3.64. The van der Waals surface area contributed by atoms with Gasteiger partial charge in [-0.05, 0) is 55.9 Å². The first-order chi connectivity index (χ1) is 17.5. The van der Waals surface area contributed by atoms with Crippen molar-refractivity contribution in [3.05, 3.63) is 81.3 Å². The Hall–Kier alpha value is -2.91. The van der Waals surface area contributed by atoms with Crippen LogP contribution in [0, 0.1) is 6.92 Å². The fraction of sp³-hybridized carbons (Fsp3) is 0.370. The third-order valence-corrected chi connectivity index (χ3v) is 7.58. The number of carbonyl (C=O) groups excluding carboxylic acids is 2. The van der Waals surface area contributed by atoms with Crippen LogP contribution < -0.4 is 9.46 Å². The monoisotopic (exact) mass is 527 g/mol. The van der Waals surface area contributed by atoms with Gasteiger partial charge in [0.2, 0.25) is 5.91 Å². The highest BCUT2D eigenvalue weighted by atomic mass is 32.1. The molecule has 4 rings (SSSR count). The Kier molecular flexibility index (Phi) is 8.64. The second kappa shape index (κ2) is 11.9. The van der Waals surface area contributed by atoms with Gasteiger partial charge in [-0.3, -0.25) is 14.3 Å². The van der Waals surface area contributed by atoms with Crippen molar-refractivity contribution in [1.29, 1.82) is 0 Å². The van der Waals surface area contributed by atoms with E-state index in [1.54, 1.807) is 12.1 Å². The number of hydrogen-bond donors (Lipinski definition) is 2. The Morgan fingerprint density at radius 3 is 2.53 bits per heavy atom. The van der Waals surface area contributed by atoms with Crippen LogP contribution in [0.2, 0.25) is 0 Å². The van der Waals surface area contributed by atoms with Gasteiger partial charge < -0.3 is 9.64 Å². The Labute approximate surface area is 220 Å². The number of thiol groups is 1. The van der Waals surface area contributed by atoms with Crippen molar-refractivity contribution in [2.45, 2.75) is 44.6 Å². The van der Waals surface area contributed by atoms with E-state index in [9.17, 15) is 14.0 Å². The smallest absolute Gasteiger partial charge is 0.280 e. The zero-order valence-electron chi connectivity index (χ0n) is 20.2. The predicted molar refractivity (Wildman–Crippen MR) is 142 cm³/mol. The molecule has 190 valence electrons. The SMILES string of the molecule is Cc1sc(CN(CCCc2ccccc2)C(=O)C2(c3ccc(OCCF)cc3)CC2)nc1C(=O)NS. The van der Waals surface area contributed by atoms with Gasteiger partial charge in [-0.25, -0.2) is 9.37 Å². The van der Waals surface area contributed by atoms with Crippen molar-refractivity contribution in [2.75, 3.05) is 19.8 Å². The standard InChI is InChI=1S/C27H30FN3O3S2/c1-19-24(25(32)30-35)29-23(36-19)18-31(16-5-8-20-6-3-2-4-7-20)26(33)27(13-14-27)21-9-11-22(12-10-21)34-17-15-28/h2-4,6-7,9-12,35H,5,8,13-18H2,1H3,(H,30,32). The first-order valence-electron chi connectivity index (χ1n) is 12.0. The number of benzene rings is 2. The number of ether oxygens (including phenoxy) is 1. The van der Waals surface area contributed by atoms with Crippen LogP contribution in [-0.2, 0) is 23.2 Å². The van der Waals surface area contributed by atoms with Gasteiger partial charge in [0.25, 0.3) is 5.91 Å². The summed E-state index contributed by atoms with van der Waals surface area (Å²) in [6.07, 6.45) is 3.23. The molecule has 1 heterocycles. The van der Waals surface area contributed by atoms with E-state index in [4.69, 9.17) is 4.74 Å².